The Morgan fingerprint density at radius 2 is 1.68 bits per heavy atom. The number of halogens is 1. The van der Waals surface area contributed by atoms with Gasteiger partial charge in [0.25, 0.3) is 5.91 Å². The van der Waals surface area contributed by atoms with Crippen molar-refractivity contribution in [3.05, 3.63) is 63.1 Å². The van der Waals surface area contributed by atoms with Gasteiger partial charge in [-0.15, -0.1) is 0 Å². The van der Waals surface area contributed by atoms with E-state index in [0.29, 0.717) is 0 Å². The molecule has 2 rings (SSSR count). The van der Waals surface area contributed by atoms with Gasteiger partial charge >= 0.3 is 0 Å². The van der Waals surface area contributed by atoms with Gasteiger partial charge < -0.3 is 5.32 Å². The Morgan fingerprint density at radius 1 is 1.05 bits per heavy atom. The molecule has 98 valence electrons. The van der Waals surface area contributed by atoms with Crippen LogP contribution in [0.5, 0.6) is 0 Å². The first-order chi connectivity index (χ1) is 8.99. The smallest absolute Gasteiger partial charge is 0.256 e. The van der Waals surface area contributed by atoms with E-state index < -0.39 is 0 Å². The summed E-state index contributed by atoms with van der Waals surface area (Å²) >= 11 is 3.45. The zero-order valence-electron chi connectivity index (χ0n) is 11.3. The molecule has 2 aromatic carbocycles. The minimum atomic E-state index is -0.0677. The number of carbonyl (C=O) groups excluding carboxylic acids is 1. The van der Waals surface area contributed by atoms with E-state index in [-0.39, 0.29) is 5.91 Å². The molecular weight excluding hydrogens is 302 g/mol. The van der Waals surface area contributed by atoms with Crippen LogP contribution in [-0.4, -0.2) is 5.91 Å². The van der Waals surface area contributed by atoms with Crippen molar-refractivity contribution in [2.75, 3.05) is 5.32 Å². The Bertz CT molecular complexity index is 614. The van der Waals surface area contributed by atoms with Crippen molar-refractivity contribution < 1.29 is 4.79 Å². The molecule has 2 aromatic rings. The highest BCUT2D eigenvalue weighted by Crippen LogP contribution is 2.24. The second-order valence-corrected chi connectivity index (χ2v) is 5.56. The lowest BCUT2D eigenvalue weighted by Gasteiger charge is -2.12. The third kappa shape index (κ3) is 3.04. The average molecular weight is 318 g/mol. The van der Waals surface area contributed by atoms with Crippen molar-refractivity contribution >= 4 is 27.5 Å². The lowest BCUT2D eigenvalue weighted by atomic mass is 10.0. The summed E-state index contributed by atoms with van der Waals surface area (Å²) in [4.78, 5) is 12.4. The van der Waals surface area contributed by atoms with Crippen molar-refractivity contribution in [2.24, 2.45) is 0 Å². The van der Waals surface area contributed by atoms with E-state index in [2.05, 4.69) is 21.2 Å². The van der Waals surface area contributed by atoms with E-state index in [9.17, 15) is 4.79 Å². The van der Waals surface area contributed by atoms with Crippen molar-refractivity contribution in [1.29, 1.82) is 0 Å². The van der Waals surface area contributed by atoms with E-state index in [1.165, 1.54) is 0 Å². The van der Waals surface area contributed by atoms with Gasteiger partial charge in [-0.05, 0) is 65.5 Å². The Kier molecular flexibility index (Phi) is 4.05. The molecule has 0 saturated heterocycles. The number of nitrogens with one attached hydrogen (secondary N) is 1. The van der Waals surface area contributed by atoms with Gasteiger partial charge in [-0.3, -0.25) is 4.79 Å². The minimum Gasteiger partial charge on any atom is -0.321 e. The second kappa shape index (κ2) is 5.57. The number of benzene rings is 2. The summed E-state index contributed by atoms with van der Waals surface area (Å²) in [5.41, 5.74) is 4.63. The number of carbonyl (C=O) groups is 1. The molecule has 0 unspecified atom stereocenters. The molecule has 0 spiro atoms. The normalized spacial score (nSPS) is 10.3. The van der Waals surface area contributed by atoms with Gasteiger partial charge in [0, 0.05) is 10.0 Å². The van der Waals surface area contributed by atoms with Gasteiger partial charge in [0.1, 0.15) is 0 Å². The maximum absolute atomic E-state index is 12.4. The van der Waals surface area contributed by atoms with Crippen LogP contribution in [0.4, 0.5) is 5.69 Å². The molecule has 0 atom stereocenters. The summed E-state index contributed by atoms with van der Waals surface area (Å²) in [6, 6.07) is 11.8. The molecular formula is C16H16BrNO. The quantitative estimate of drug-likeness (QED) is 0.859. The molecule has 0 saturated carbocycles. The summed E-state index contributed by atoms with van der Waals surface area (Å²) < 4.78 is 0.887. The van der Waals surface area contributed by atoms with Crippen LogP contribution in [0, 0.1) is 20.8 Å². The fraction of sp³-hybridized carbons (Fsp3) is 0.188. The third-order valence-electron chi connectivity index (χ3n) is 3.08. The van der Waals surface area contributed by atoms with Crippen LogP contribution in [0.3, 0.4) is 0 Å². The van der Waals surface area contributed by atoms with Crippen LogP contribution in [0.25, 0.3) is 0 Å². The van der Waals surface area contributed by atoms with E-state index in [4.69, 9.17) is 0 Å². The summed E-state index contributed by atoms with van der Waals surface area (Å²) in [5.74, 6) is -0.0677. The highest BCUT2D eigenvalue weighted by molar-refractivity contribution is 9.10. The topological polar surface area (TPSA) is 29.1 Å². The molecule has 19 heavy (non-hydrogen) atoms. The lowest BCUT2D eigenvalue weighted by molar-refractivity contribution is 0.102. The molecule has 0 bridgehead atoms. The van der Waals surface area contributed by atoms with Crippen LogP contribution < -0.4 is 5.32 Å². The Labute approximate surface area is 122 Å². The van der Waals surface area contributed by atoms with Gasteiger partial charge in [0.15, 0.2) is 0 Å². The van der Waals surface area contributed by atoms with E-state index in [1.54, 1.807) is 0 Å². The zero-order chi connectivity index (χ0) is 14.0. The van der Waals surface area contributed by atoms with Crippen molar-refractivity contribution in [2.45, 2.75) is 20.8 Å². The predicted octanol–water partition coefficient (Wildman–Crippen LogP) is 4.63. The number of amides is 1. The standard InChI is InChI=1S/C16H16BrNO/c1-10-7-8-13(17)14(9-10)18-16(19)15-11(2)5-4-6-12(15)3/h4-9H,1-3H3,(H,18,19). The number of rotatable bonds is 2. The van der Waals surface area contributed by atoms with E-state index in [1.807, 2.05) is 57.2 Å². The first kappa shape index (κ1) is 13.8. The monoisotopic (exact) mass is 317 g/mol. The maximum Gasteiger partial charge on any atom is 0.256 e. The summed E-state index contributed by atoms with van der Waals surface area (Å²) in [5, 5.41) is 2.96. The molecule has 3 heteroatoms. The number of hydrogen-bond acceptors (Lipinski definition) is 1. The van der Waals surface area contributed by atoms with Gasteiger partial charge in [-0.2, -0.15) is 0 Å². The average Bonchev–Trinajstić information content (AvgIpc) is 2.33. The van der Waals surface area contributed by atoms with Crippen molar-refractivity contribution in [3.63, 3.8) is 0 Å². The molecule has 0 aliphatic heterocycles. The fourth-order valence-corrected chi connectivity index (χ4v) is 2.44. The van der Waals surface area contributed by atoms with Crippen LogP contribution >= 0.6 is 15.9 Å². The van der Waals surface area contributed by atoms with Crippen molar-refractivity contribution in [1.82, 2.24) is 0 Å². The van der Waals surface area contributed by atoms with Crippen LogP contribution in [0.15, 0.2) is 40.9 Å². The molecule has 1 N–H and O–H groups in total. The highest BCUT2D eigenvalue weighted by Gasteiger charge is 2.13. The molecule has 0 fully saturated rings. The number of hydrogen-bond donors (Lipinski definition) is 1. The van der Waals surface area contributed by atoms with Crippen LogP contribution in [0.2, 0.25) is 0 Å². The number of aryl methyl sites for hydroxylation is 3. The first-order valence-corrected chi connectivity index (χ1v) is 6.92. The highest BCUT2D eigenvalue weighted by atomic mass is 79.9. The lowest BCUT2D eigenvalue weighted by Crippen LogP contribution is -2.15. The summed E-state index contributed by atoms with van der Waals surface area (Å²) in [6.45, 7) is 5.90. The Morgan fingerprint density at radius 3 is 2.32 bits per heavy atom. The van der Waals surface area contributed by atoms with Crippen LogP contribution in [-0.2, 0) is 0 Å². The predicted molar refractivity (Wildman–Crippen MR) is 82.7 cm³/mol. The molecule has 2 nitrogen and oxygen atoms in total. The number of anilines is 1. The molecule has 0 aromatic heterocycles. The van der Waals surface area contributed by atoms with Crippen molar-refractivity contribution in [3.8, 4) is 0 Å². The van der Waals surface area contributed by atoms with Gasteiger partial charge in [0.2, 0.25) is 0 Å². The Hall–Kier alpha value is -1.61. The van der Waals surface area contributed by atoms with Gasteiger partial charge in [0.05, 0.1) is 5.69 Å². The summed E-state index contributed by atoms with van der Waals surface area (Å²) in [7, 11) is 0. The SMILES string of the molecule is Cc1ccc(Br)c(NC(=O)c2c(C)cccc2C)c1. The fourth-order valence-electron chi connectivity index (χ4n) is 2.09. The minimum absolute atomic E-state index is 0.0677. The second-order valence-electron chi connectivity index (χ2n) is 4.70. The largest absolute Gasteiger partial charge is 0.321 e. The zero-order valence-corrected chi connectivity index (χ0v) is 12.8. The van der Waals surface area contributed by atoms with Crippen LogP contribution in [0.1, 0.15) is 27.0 Å². The van der Waals surface area contributed by atoms with E-state index in [0.717, 1.165) is 32.4 Å². The Balaban J connectivity index is 2.34. The molecule has 0 aliphatic carbocycles. The third-order valence-corrected chi connectivity index (χ3v) is 3.77. The maximum atomic E-state index is 12.4. The molecule has 0 aliphatic rings. The molecule has 0 radical (unpaired) electrons. The molecule has 1 amide bonds. The van der Waals surface area contributed by atoms with Gasteiger partial charge in [-0.25, -0.2) is 0 Å². The van der Waals surface area contributed by atoms with Gasteiger partial charge in [-0.1, -0.05) is 24.3 Å². The summed E-state index contributed by atoms with van der Waals surface area (Å²) in [6.07, 6.45) is 0. The van der Waals surface area contributed by atoms with E-state index >= 15 is 0 Å². The first-order valence-electron chi connectivity index (χ1n) is 6.13. The molecule has 0 heterocycles.